The molecule has 3 aromatic rings. The summed E-state index contributed by atoms with van der Waals surface area (Å²) < 4.78 is 6.90. The summed E-state index contributed by atoms with van der Waals surface area (Å²) >= 11 is 0. The fraction of sp³-hybridized carbons (Fsp3) is 0.312. The Balaban J connectivity index is 1.58. The zero-order valence-electron chi connectivity index (χ0n) is 12.7. The SMILES string of the molecule is Cc1noc(C)c1CCC(=O)NCc1cccn2nccc12. The van der Waals surface area contributed by atoms with E-state index >= 15 is 0 Å². The number of aryl methyl sites for hydroxylation is 2. The highest BCUT2D eigenvalue weighted by atomic mass is 16.5. The summed E-state index contributed by atoms with van der Waals surface area (Å²) in [5, 5.41) is 11.0. The average Bonchev–Trinajstić information content (AvgIpc) is 3.11. The number of carbonyl (C=O) groups excluding carboxylic acids is 1. The van der Waals surface area contributed by atoms with Gasteiger partial charge in [0.2, 0.25) is 5.91 Å². The Labute approximate surface area is 128 Å². The molecule has 0 saturated carbocycles. The summed E-state index contributed by atoms with van der Waals surface area (Å²) in [4.78, 5) is 12.0. The molecule has 0 spiro atoms. The van der Waals surface area contributed by atoms with Crippen molar-refractivity contribution in [3.63, 3.8) is 0 Å². The highest BCUT2D eigenvalue weighted by molar-refractivity contribution is 5.76. The molecular weight excluding hydrogens is 280 g/mol. The first-order valence-electron chi connectivity index (χ1n) is 7.25. The van der Waals surface area contributed by atoms with Gasteiger partial charge >= 0.3 is 0 Å². The number of carbonyl (C=O) groups is 1. The minimum atomic E-state index is 0.0153. The number of nitrogens with one attached hydrogen (secondary N) is 1. The van der Waals surface area contributed by atoms with Crippen LogP contribution in [0.15, 0.2) is 35.1 Å². The van der Waals surface area contributed by atoms with Crippen molar-refractivity contribution in [2.45, 2.75) is 33.2 Å². The molecule has 1 N–H and O–H groups in total. The molecule has 6 nitrogen and oxygen atoms in total. The highest BCUT2D eigenvalue weighted by Gasteiger charge is 2.11. The highest BCUT2D eigenvalue weighted by Crippen LogP contribution is 2.14. The zero-order chi connectivity index (χ0) is 15.5. The van der Waals surface area contributed by atoms with Gasteiger partial charge in [-0.1, -0.05) is 11.2 Å². The van der Waals surface area contributed by atoms with Gasteiger partial charge in [0.05, 0.1) is 11.2 Å². The summed E-state index contributed by atoms with van der Waals surface area (Å²) in [7, 11) is 0. The Kier molecular flexibility index (Phi) is 3.91. The number of rotatable bonds is 5. The molecule has 22 heavy (non-hydrogen) atoms. The summed E-state index contributed by atoms with van der Waals surface area (Å²) in [6.07, 6.45) is 4.70. The lowest BCUT2D eigenvalue weighted by atomic mass is 10.1. The van der Waals surface area contributed by atoms with Gasteiger partial charge in [-0.3, -0.25) is 4.79 Å². The van der Waals surface area contributed by atoms with Gasteiger partial charge in [0, 0.05) is 30.9 Å². The molecule has 3 heterocycles. The van der Waals surface area contributed by atoms with Crippen molar-refractivity contribution in [2.24, 2.45) is 0 Å². The summed E-state index contributed by atoms with van der Waals surface area (Å²) in [6, 6.07) is 5.85. The molecule has 0 aliphatic heterocycles. The minimum Gasteiger partial charge on any atom is -0.361 e. The number of amides is 1. The van der Waals surface area contributed by atoms with Crippen LogP contribution in [-0.2, 0) is 17.8 Å². The second-order valence-electron chi connectivity index (χ2n) is 5.27. The molecule has 6 heteroatoms. The number of hydrogen-bond acceptors (Lipinski definition) is 4. The van der Waals surface area contributed by atoms with Crippen molar-refractivity contribution >= 4 is 11.4 Å². The fourth-order valence-electron chi connectivity index (χ4n) is 2.54. The number of hydrogen-bond donors (Lipinski definition) is 1. The third-order valence-electron chi connectivity index (χ3n) is 3.78. The van der Waals surface area contributed by atoms with E-state index in [2.05, 4.69) is 15.6 Å². The number of fused-ring (bicyclic) bond motifs is 1. The quantitative estimate of drug-likeness (QED) is 0.783. The third kappa shape index (κ3) is 2.86. The van der Waals surface area contributed by atoms with E-state index in [1.807, 2.05) is 38.2 Å². The molecule has 0 radical (unpaired) electrons. The predicted molar refractivity (Wildman–Crippen MR) is 81.3 cm³/mol. The lowest BCUT2D eigenvalue weighted by molar-refractivity contribution is -0.121. The Morgan fingerprint density at radius 2 is 2.23 bits per heavy atom. The second kappa shape index (κ2) is 6.01. The zero-order valence-corrected chi connectivity index (χ0v) is 12.7. The maximum absolute atomic E-state index is 12.0. The first kappa shape index (κ1) is 14.3. The molecule has 0 atom stereocenters. The van der Waals surface area contributed by atoms with Gasteiger partial charge in [-0.2, -0.15) is 5.10 Å². The van der Waals surface area contributed by atoms with Crippen molar-refractivity contribution in [1.82, 2.24) is 20.1 Å². The van der Waals surface area contributed by atoms with E-state index in [0.717, 1.165) is 28.1 Å². The standard InChI is InChI=1S/C16H18N4O2/c1-11-14(12(2)22-19-11)5-6-16(21)17-10-13-4-3-9-20-15(13)7-8-18-20/h3-4,7-9H,5-6,10H2,1-2H3,(H,17,21). The van der Waals surface area contributed by atoms with Crippen LogP contribution in [0, 0.1) is 13.8 Å². The number of pyridine rings is 1. The molecule has 0 aliphatic carbocycles. The fourth-order valence-corrected chi connectivity index (χ4v) is 2.54. The van der Waals surface area contributed by atoms with Gasteiger partial charge < -0.3 is 9.84 Å². The third-order valence-corrected chi connectivity index (χ3v) is 3.78. The molecule has 0 aromatic carbocycles. The lowest BCUT2D eigenvalue weighted by Crippen LogP contribution is -2.23. The summed E-state index contributed by atoms with van der Waals surface area (Å²) in [5.41, 5.74) is 3.93. The molecular formula is C16H18N4O2. The van der Waals surface area contributed by atoms with Crippen LogP contribution in [0.2, 0.25) is 0 Å². The average molecular weight is 298 g/mol. The van der Waals surface area contributed by atoms with E-state index in [1.165, 1.54) is 0 Å². The Morgan fingerprint density at radius 1 is 1.36 bits per heavy atom. The van der Waals surface area contributed by atoms with Crippen LogP contribution < -0.4 is 5.32 Å². The van der Waals surface area contributed by atoms with Crippen molar-refractivity contribution in [3.8, 4) is 0 Å². The minimum absolute atomic E-state index is 0.0153. The molecule has 0 fully saturated rings. The van der Waals surface area contributed by atoms with Crippen LogP contribution in [0.4, 0.5) is 0 Å². The Bertz CT molecular complexity index is 784. The molecule has 1 amide bonds. The number of nitrogens with zero attached hydrogens (tertiary/aromatic N) is 3. The Hall–Kier alpha value is -2.63. The first-order chi connectivity index (χ1) is 10.6. The van der Waals surface area contributed by atoms with Gasteiger partial charge in [-0.05, 0) is 38.0 Å². The van der Waals surface area contributed by atoms with Gasteiger partial charge in [-0.25, -0.2) is 4.52 Å². The molecule has 0 unspecified atom stereocenters. The van der Waals surface area contributed by atoms with E-state index in [4.69, 9.17) is 4.52 Å². The van der Waals surface area contributed by atoms with Crippen LogP contribution in [-0.4, -0.2) is 20.7 Å². The monoisotopic (exact) mass is 298 g/mol. The predicted octanol–water partition coefficient (Wildman–Crippen LogP) is 2.19. The topological polar surface area (TPSA) is 72.4 Å². The molecule has 3 rings (SSSR count). The molecule has 0 aliphatic rings. The Morgan fingerprint density at radius 3 is 3.00 bits per heavy atom. The van der Waals surface area contributed by atoms with Gasteiger partial charge in [0.25, 0.3) is 0 Å². The largest absolute Gasteiger partial charge is 0.361 e. The maximum atomic E-state index is 12.0. The molecule has 114 valence electrons. The van der Waals surface area contributed by atoms with E-state index in [-0.39, 0.29) is 5.91 Å². The molecule has 3 aromatic heterocycles. The summed E-state index contributed by atoms with van der Waals surface area (Å²) in [6.45, 7) is 4.26. The van der Waals surface area contributed by atoms with E-state index < -0.39 is 0 Å². The van der Waals surface area contributed by atoms with Crippen molar-refractivity contribution < 1.29 is 9.32 Å². The van der Waals surface area contributed by atoms with Crippen LogP contribution in [0.1, 0.15) is 29.0 Å². The second-order valence-corrected chi connectivity index (χ2v) is 5.27. The smallest absolute Gasteiger partial charge is 0.220 e. The van der Waals surface area contributed by atoms with Crippen molar-refractivity contribution in [2.75, 3.05) is 0 Å². The summed E-state index contributed by atoms with van der Waals surface area (Å²) in [5.74, 6) is 0.802. The van der Waals surface area contributed by atoms with Crippen molar-refractivity contribution in [3.05, 3.63) is 53.2 Å². The van der Waals surface area contributed by atoms with E-state index in [9.17, 15) is 4.79 Å². The van der Waals surface area contributed by atoms with Crippen LogP contribution in [0.25, 0.3) is 5.52 Å². The number of aromatic nitrogens is 3. The van der Waals surface area contributed by atoms with Gasteiger partial charge in [0.1, 0.15) is 5.76 Å². The van der Waals surface area contributed by atoms with E-state index in [1.54, 1.807) is 10.7 Å². The normalized spacial score (nSPS) is 11.0. The van der Waals surface area contributed by atoms with E-state index in [0.29, 0.717) is 19.4 Å². The van der Waals surface area contributed by atoms with Crippen molar-refractivity contribution in [1.29, 1.82) is 0 Å². The van der Waals surface area contributed by atoms with Gasteiger partial charge in [-0.15, -0.1) is 0 Å². The van der Waals surface area contributed by atoms with Crippen LogP contribution in [0.3, 0.4) is 0 Å². The molecule has 0 bridgehead atoms. The maximum Gasteiger partial charge on any atom is 0.220 e. The molecule has 0 saturated heterocycles. The van der Waals surface area contributed by atoms with Crippen LogP contribution >= 0.6 is 0 Å². The first-order valence-corrected chi connectivity index (χ1v) is 7.25. The van der Waals surface area contributed by atoms with Gasteiger partial charge in [0.15, 0.2) is 0 Å². The lowest BCUT2D eigenvalue weighted by Gasteiger charge is -2.07. The van der Waals surface area contributed by atoms with Crippen LogP contribution in [0.5, 0.6) is 0 Å².